The molecule has 1 rings (SSSR count). The van der Waals surface area contributed by atoms with Crippen LogP contribution in [0.3, 0.4) is 0 Å². The molecule has 0 radical (unpaired) electrons. The van der Waals surface area contributed by atoms with E-state index in [1.807, 2.05) is 0 Å². The topological polar surface area (TPSA) is 23.5 Å². The number of likely N-dealkylation sites (N-methyl/N-ethyl adjacent to an activating group) is 1. The van der Waals surface area contributed by atoms with E-state index in [9.17, 15) is 0 Å². The summed E-state index contributed by atoms with van der Waals surface area (Å²) in [7, 11) is 2.10. The predicted octanol–water partition coefficient (Wildman–Crippen LogP) is 0.851. The average molecular weight is 143 g/mol. The van der Waals surface area contributed by atoms with Gasteiger partial charge in [0.05, 0.1) is 6.61 Å². The second-order valence-corrected chi connectivity index (χ2v) is 3.28. The molecule has 0 aromatic heterocycles. The number of nitrogens with zero attached hydrogens (tertiary/aromatic N) is 1. The van der Waals surface area contributed by atoms with Gasteiger partial charge >= 0.3 is 0 Å². The van der Waals surface area contributed by atoms with Crippen LogP contribution in [-0.4, -0.2) is 35.7 Å². The minimum atomic E-state index is 0.285. The van der Waals surface area contributed by atoms with E-state index >= 15 is 0 Å². The fraction of sp³-hybridized carbons (Fsp3) is 1.00. The standard InChI is InChI=1S/C8H17NO/c1-7(6-10)9(2)8-4-3-5-8/h7-8,10H,3-6H2,1-2H3. The van der Waals surface area contributed by atoms with Crippen molar-refractivity contribution in [1.29, 1.82) is 0 Å². The van der Waals surface area contributed by atoms with Crippen molar-refractivity contribution in [3.63, 3.8) is 0 Å². The number of hydrogen-bond acceptors (Lipinski definition) is 2. The Morgan fingerprint density at radius 2 is 2.20 bits per heavy atom. The molecule has 0 bridgehead atoms. The van der Waals surface area contributed by atoms with Gasteiger partial charge in [-0.1, -0.05) is 6.42 Å². The average Bonchev–Trinajstić information content (AvgIpc) is 1.82. The van der Waals surface area contributed by atoms with Crippen molar-refractivity contribution in [2.24, 2.45) is 0 Å². The first-order chi connectivity index (χ1) is 4.75. The van der Waals surface area contributed by atoms with Gasteiger partial charge in [0.1, 0.15) is 0 Å². The first-order valence-corrected chi connectivity index (χ1v) is 4.08. The monoisotopic (exact) mass is 143 g/mol. The molecule has 1 aliphatic rings. The van der Waals surface area contributed by atoms with Crippen LogP contribution in [0, 0.1) is 0 Å². The van der Waals surface area contributed by atoms with Crippen LogP contribution in [0.2, 0.25) is 0 Å². The SMILES string of the molecule is CC(CO)N(C)C1CCC1. The second kappa shape index (κ2) is 3.35. The summed E-state index contributed by atoms with van der Waals surface area (Å²) in [6.45, 7) is 2.35. The summed E-state index contributed by atoms with van der Waals surface area (Å²) in [6, 6.07) is 1.09. The van der Waals surface area contributed by atoms with Gasteiger partial charge in [-0.15, -0.1) is 0 Å². The summed E-state index contributed by atoms with van der Waals surface area (Å²) < 4.78 is 0. The number of aliphatic hydroxyl groups is 1. The molecule has 0 spiro atoms. The molecular formula is C8H17NO. The highest BCUT2D eigenvalue weighted by Crippen LogP contribution is 2.24. The predicted molar refractivity (Wildman–Crippen MR) is 41.9 cm³/mol. The van der Waals surface area contributed by atoms with Gasteiger partial charge in [-0.3, -0.25) is 4.90 Å². The maximum absolute atomic E-state index is 8.83. The molecule has 0 aliphatic heterocycles. The lowest BCUT2D eigenvalue weighted by Gasteiger charge is -2.37. The van der Waals surface area contributed by atoms with Gasteiger partial charge in [-0.05, 0) is 26.8 Å². The van der Waals surface area contributed by atoms with Crippen molar-refractivity contribution in [2.75, 3.05) is 13.7 Å². The lowest BCUT2D eigenvalue weighted by atomic mass is 9.91. The summed E-state index contributed by atoms with van der Waals surface area (Å²) in [6.07, 6.45) is 4.01. The Morgan fingerprint density at radius 3 is 2.50 bits per heavy atom. The van der Waals surface area contributed by atoms with E-state index in [-0.39, 0.29) is 6.61 Å². The maximum atomic E-state index is 8.83. The first-order valence-electron chi connectivity index (χ1n) is 4.08. The van der Waals surface area contributed by atoms with Gasteiger partial charge in [0.15, 0.2) is 0 Å². The van der Waals surface area contributed by atoms with Crippen molar-refractivity contribution in [2.45, 2.75) is 38.3 Å². The van der Waals surface area contributed by atoms with Crippen molar-refractivity contribution in [3.05, 3.63) is 0 Å². The molecule has 1 atom stereocenters. The zero-order chi connectivity index (χ0) is 7.56. The Balaban J connectivity index is 2.24. The van der Waals surface area contributed by atoms with Crippen LogP contribution in [0.1, 0.15) is 26.2 Å². The quantitative estimate of drug-likeness (QED) is 0.633. The van der Waals surface area contributed by atoms with Gasteiger partial charge in [0, 0.05) is 12.1 Å². The molecule has 0 aromatic rings. The second-order valence-electron chi connectivity index (χ2n) is 3.28. The van der Waals surface area contributed by atoms with E-state index < -0.39 is 0 Å². The van der Waals surface area contributed by atoms with Crippen molar-refractivity contribution in [3.8, 4) is 0 Å². The molecule has 1 unspecified atom stereocenters. The Bertz CT molecular complexity index is 96.7. The summed E-state index contributed by atoms with van der Waals surface area (Å²) in [5, 5.41) is 8.83. The summed E-state index contributed by atoms with van der Waals surface area (Å²) in [5.41, 5.74) is 0. The number of aliphatic hydroxyl groups excluding tert-OH is 1. The third-order valence-electron chi connectivity index (χ3n) is 2.61. The van der Waals surface area contributed by atoms with E-state index in [0.29, 0.717) is 6.04 Å². The molecule has 1 fully saturated rings. The molecule has 0 aromatic carbocycles. The van der Waals surface area contributed by atoms with Crippen LogP contribution in [0.5, 0.6) is 0 Å². The normalized spacial score (nSPS) is 22.8. The molecule has 1 saturated carbocycles. The van der Waals surface area contributed by atoms with Gasteiger partial charge < -0.3 is 5.11 Å². The molecule has 0 saturated heterocycles. The van der Waals surface area contributed by atoms with Crippen LogP contribution in [0.25, 0.3) is 0 Å². The number of hydrogen-bond donors (Lipinski definition) is 1. The largest absolute Gasteiger partial charge is 0.395 e. The van der Waals surface area contributed by atoms with E-state index in [0.717, 1.165) is 6.04 Å². The van der Waals surface area contributed by atoms with Gasteiger partial charge in [0.2, 0.25) is 0 Å². The van der Waals surface area contributed by atoms with Crippen molar-refractivity contribution in [1.82, 2.24) is 4.90 Å². The Morgan fingerprint density at radius 1 is 1.60 bits per heavy atom. The van der Waals surface area contributed by atoms with Crippen LogP contribution in [-0.2, 0) is 0 Å². The van der Waals surface area contributed by atoms with E-state index in [1.54, 1.807) is 0 Å². The fourth-order valence-electron chi connectivity index (χ4n) is 1.28. The molecule has 2 heteroatoms. The minimum Gasteiger partial charge on any atom is -0.395 e. The Labute approximate surface area is 62.8 Å². The molecule has 1 aliphatic carbocycles. The summed E-state index contributed by atoms with van der Waals surface area (Å²) in [4.78, 5) is 2.28. The molecule has 60 valence electrons. The molecule has 2 nitrogen and oxygen atoms in total. The Hall–Kier alpha value is -0.0800. The third-order valence-corrected chi connectivity index (χ3v) is 2.61. The molecule has 0 heterocycles. The van der Waals surface area contributed by atoms with E-state index in [1.165, 1.54) is 19.3 Å². The highest BCUT2D eigenvalue weighted by Gasteiger charge is 2.24. The van der Waals surface area contributed by atoms with Crippen LogP contribution < -0.4 is 0 Å². The molecule has 0 amide bonds. The van der Waals surface area contributed by atoms with Crippen LogP contribution >= 0.6 is 0 Å². The van der Waals surface area contributed by atoms with Crippen LogP contribution in [0.15, 0.2) is 0 Å². The maximum Gasteiger partial charge on any atom is 0.0584 e. The third kappa shape index (κ3) is 1.50. The van der Waals surface area contributed by atoms with Crippen LogP contribution in [0.4, 0.5) is 0 Å². The van der Waals surface area contributed by atoms with E-state index in [4.69, 9.17) is 5.11 Å². The molecule has 1 N–H and O–H groups in total. The zero-order valence-electron chi connectivity index (χ0n) is 6.88. The minimum absolute atomic E-state index is 0.285. The Kier molecular flexibility index (Phi) is 2.69. The van der Waals surface area contributed by atoms with Gasteiger partial charge in [0.25, 0.3) is 0 Å². The highest BCUT2D eigenvalue weighted by molar-refractivity contribution is 4.80. The lowest BCUT2D eigenvalue weighted by molar-refractivity contribution is 0.0802. The van der Waals surface area contributed by atoms with Crippen molar-refractivity contribution >= 4 is 0 Å². The zero-order valence-corrected chi connectivity index (χ0v) is 6.88. The first kappa shape index (κ1) is 8.02. The number of rotatable bonds is 3. The van der Waals surface area contributed by atoms with Crippen molar-refractivity contribution < 1.29 is 5.11 Å². The lowest BCUT2D eigenvalue weighted by Crippen LogP contribution is -2.44. The summed E-state index contributed by atoms with van der Waals surface area (Å²) in [5.74, 6) is 0. The smallest absolute Gasteiger partial charge is 0.0584 e. The van der Waals surface area contributed by atoms with Gasteiger partial charge in [-0.2, -0.15) is 0 Å². The van der Waals surface area contributed by atoms with Gasteiger partial charge in [-0.25, -0.2) is 0 Å². The van der Waals surface area contributed by atoms with E-state index in [2.05, 4.69) is 18.9 Å². The molecule has 10 heavy (non-hydrogen) atoms. The fourth-order valence-corrected chi connectivity index (χ4v) is 1.28. The highest BCUT2D eigenvalue weighted by atomic mass is 16.3. The summed E-state index contributed by atoms with van der Waals surface area (Å²) >= 11 is 0. The molecular weight excluding hydrogens is 126 g/mol.